The first kappa shape index (κ1) is 16.6. The minimum Gasteiger partial charge on any atom is -0.492 e. The summed E-state index contributed by atoms with van der Waals surface area (Å²) in [7, 11) is 0. The van der Waals surface area contributed by atoms with Crippen LogP contribution in [0.4, 0.5) is 0 Å². The van der Waals surface area contributed by atoms with Gasteiger partial charge in [-0.15, -0.1) is 0 Å². The molecule has 1 amide bonds. The van der Waals surface area contributed by atoms with Gasteiger partial charge in [0.15, 0.2) is 0 Å². The van der Waals surface area contributed by atoms with Gasteiger partial charge in [-0.1, -0.05) is 23.2 Å². The number of halogens is 2. The van der Waals surface area contributed by atoms with E-state index in [2.05, 4.69) is 10.5 Å². The van der Waals surface area contributed by atoms with Crippen LogP contribution in [0, 0.1) is 11.8 Å². The van der Waals surface area contributed by atoms with Crippen molar-refractivity contribution in [3.8, 4) is 5.75 Å². The number of hydrazone groups is 1. The third kappa shape index (κ3) is 5.11. The van der Waals surface area contributed by atoms with Crippen molar-refractivity contribution < 1.29 is 9.53 Å². The first-order valence-electron chi connectivity index (χ1n) is 8.07. The molecule has 0 aliphatic heterocycles. The molecule has 0 spiro atoms. The van der Waals surface area contributed by atoms with Gasteiger partial charge >= 0.3 is 0 Å². The van der Waals surface area contributed by atoms with Crippen LogP contribution in [0.5, 0.6) is 5.75 Å². The topological polar surface area (TPSA) is 50.7 Å². The molecule has 0 heterocycles. The lowest BCUT2D eigenvalue weighted by atomic mass is 10.1. The van der Waals surface area contributed by atoms with E-state index in [4.69, 9.17) is 27.9 Å². The maximum absolute atomic E-state index is 11.8. The van der Waals surface area contributed by atoms with Gasteiger partial charge in [0.2, 0.25) is 5.91 Å². The summed E-state index contributed by atoms with van der Waals surface area (Å²) in [5, 5.41) is 5.40. The molecule has 124 valence electrons. The molecular weight excluding hydrogens is 335 g/mol. The summed E-state index contributed by atoms with van der Waals surface area (Å²) in [6, 6.07) is 5.09. The van der Waals surface area contributed by atoms with E-state index in [1.807, 2.05) is 0 Å². The Morgan fingerprint density at radius 2 is 1.91 bits per heavy atom. The number of hydrogen-bond acceptors (Lipinski definition) is 3. The Morgan fingerprint density at radius 1 is 1.22 bits per heavy atom. The van der Waals surface area contributed by atoms with E-state index in [-0.39, 0.29) is 5.91 Å². The first-order valence-corrected chi connectivity index (χ1v) is 8.83. The van der Waals surface area contributed by atoms with Gasteiger partial charge in [0.1, 0.15) is 5.75 Å². The van der Waals surface area contributed by atoms with E-state index in [1.165, 1.54) is 31.4 Å². The summed E-state index contributed by atoms with van der Waals surface area (Å²) < 4.78 is 5.56. The number of ether oxygens (including phenoxy) is 1. The molecule has 1 aromatic carbocycles. The normalized spacial score (nSPS) is 16.8. The lowest BCUT2D eigenvalue weighted by Crippen LogP contribution is -2.21. The molecule has 2 fully saturated rings. The molecule has 6 heteroatoms. The molecular formula is C17H20Cl2N2O2. The number of benzene rings is 1. The molecule has 2 aliphatic carbocycles. The Kier molecular flexibility index (Phi) is 5.44. The highest BCUT2D eigenvalue weighted by Gasteiger charge is 2.38. The van der Waals surface area contributed by atoms with E-state index >= 15 is 0 Å². The molecule has 0 saturated heterocycles. The third-order valence-corrected chi connectivity index (χ3v) is 4.53. The predicted molar refractivity (Wildman–Crippen MR) is 92.2 cm³/mol. The lowest BCUT2D eigenvalue weighted by Gasteiger charge is -2.08. The van der Waals surface area contributed by atoms with Crippen molar-refractivity contribution in [2.24, 2.45) is 16.9 Å². The van der Waals surface area contributed by atoms with Gasteiger partial charge in [0.25, 0.3) is 0 Å². The lowest BCUT2D eigenvalue weighted by molar-refractivity contribution is -0.121. The largest absolute Gasteiger partial charge is 0.492 e. The van der Waals surface area contributed by atoms with Crippen molar-refractivity contribution in [1.82, 2.24) is 5.43 Å². The van der Waals surface area contributed by atoms with Crippen LogP contribution in [-0.2, 0) is 4.79 Å². The van der Waals surface area contributed by atoms with Crippen molar-refractivity contribution in [3.05, 3.63) is 28.2 Å². The highest BCUT2D eigenvalue weighted by Crippen LogP contribution is 2.41. The van der Waals surface area contributed by atoms with Crippen LogP contribution in [0.25, 0.3) is 0 Å². The number of rotatable bonds is 8. The van der Waals surface area contributed by atoms with E-state index in [9.17, 15) is 4.79 Å². The molecule has 0 aromatic heterocycles. The summed E-state index contributed by atoms with van der Waals surface area (Å²) in [4.78, 5) is 11.8. The molecule has 0 bridgehead atoms. The Bertz CT molecular complexity index is 597. The molecule has 2 saturated carbocycles. The van der Waals surface area contributed by atoms with Crippen molar-refractivity contribution in [2.45, 2.75) is 38.5 Å². The number of carbonyl (C=O) groups excluding carboxylic acids is 1. The summed E-state index contributed by atoms with van der Waals surface area (Å²) >= 11 is 11.8. The van der Waals surface area contributed by atoms with Gasteiger partial charge in [-0.05, 0) is 62.1 Å². The minimum absolute atomic E-state index is 0.0606. The second kappa shape index (κ2) is 7.54. The Labute approximate surface area is 146 Å². The van der Waals surface area contributed by atoms with Gasteiger partial charge in [-0.3, -0.25) is 4.79 Å². The van der Waals surface area contributed by atoms with Crippen molar-refractivity contribution in [3.63, 3.8) is 0 Å². The quantitative estimate of drug-likeness (QED) is 0.426. The average molecular weight is 355 g/mol. The zero-order valence-corrected chi connectivity index (χ0v) is 14.4. The van der Waals surface area contributed by atoms with Gasteiger partial charge in [-0.25, -0.2) is 5.43 Å². The minimum atomic E-state index is -0.0606. The maximum Gasteiger partial charge on any atom is 0.240 e. The van der Waals surface area contributed by atoms with E-state index < -0.39 is 0 Å². The zero-order chi connectivity index (χ0) is 16.2. The highest BCUT2D eigenvalue weighted by molar-refractivity contribution is 6.35. The molecule has 0 radical (unpaired) electrons. The van der Waals surface area contributed by atoms with Crippen LogP contribution < -0.4 is 10.2 Å². The highest BCUT2D eigenvalue weighted by atomic mass is 35.5. The average Bonchev–Trinajstić information content (AvgIpc) is 3.38. The maximum atomic E-state index is 11.8. The first-order chi connectivity index (χ1) is 11.1. The fourth-order valence-electron chi connectivity index (χ4n) is 2.46. The van der Waals surface area contributed by atoms with Gasteiger partial charge in [0, 0.05) is 17.2 Å². The second-order valence-electron chi connectivity index (χ2n) is 6.15. The summed E-state index contributed by atoms with van der Waals surface area (Å²) in [6.45, 7) is 0.427. The van der Waals surface area contributed by atoms with Crippen LogP contribution in [0.3, 0.4) is 0 Å². The number of nitrogens with zero attached hydrogens (tertiary/aromatic N) is 1. The standard InChI is InChI=1S/C17H20Cl2N2O2/c18-13-7-8-15(14(19)10-13)23-9-1-2-16(22)20-21-17(11-3-4-11)12-5-6-12/h7-8,10-12H,1-6,9H2,(H,20,22). The molecule has 2 aliphatic rings. The molecule has 0 atom stereocenters. The summed E-state index contributed by atoms with van der Waals surface area (Å²) in [5.74, 6) is 1.77. The SMILES string of the molecule is O=C(CCCOc1ccc(Cl)cc1Cl)NN=C(C1CC1)C1CC1. The smallest absolute Gasteiger partial charge is 0.240 e. The second-order valence-corrected chi connectivity index (χ2v) is 6.99. The molecule has 0 unspecified atom stereocenters. The number of hydrogen-bond donors (Lipinski definition) is 1. The Hall–Kier alpha value is -1.26. The van der Waals surface area contributed by atoms with Crippen molar-refractivity contribution >= 4 is 34.8 Å². The van der Waals surface area contributed by atoms with E-state index in [0.29, 0.717) is 47.1 Å². The Balaban J connectivity index is 1.36. The van der Waals surface area contributed by atoms with Crippen LogP contribution in [0.15, 0.2) is 23.3 Å². The molecule has 1 N–H and O–H groups in total. The van der Waals surface area contributed by atoms with Crippen molar-refractivity contribution in [1.29, 1.82) is 0 Å². The predicted octanol–water partition coefficient (Wildman–Crippen LogP) is 4.44. The van der Waals surface area contributed by atoms with Gasteiger partial charge in [0.05, 0.1) is 11.6 Å². The van der Waals surface area contributed by atoms with Crippen LogP contribution in [-0.4, -0.2) is 18.2 Å². The summed E-state index contributed by atoms with van der Waals surface area (Å²) in [5.41, 5.74) is 3.90. The zero-order valence-electron chi connectivity index (χ0n) is 12.9. The number of amides is 1. The number of nitrogens with one attached hydrogen (secondary N) is 1. The van der Waals surface area contributed by atoms with Crippen LogP contribution in [0.1, 0.15) is 38.5 Å². The molecule has 1 aromatic rings. The van der Waals surface area contributed by atoms with Gasteiger partial charge < -0.3 is 4.74 Å². The molecule has 23 heavy (non-hydrogen) atoms. The third-order valence-electron chi connectivity index (χ3n) is 4.00. The van der Waals surface area contributed by atoms with Crippen LogP contribution in [0.2, 0.25) is 10.0 Å². The van der Waals surface area contributed by atoms with E-state index in [1.54, 1.807) is 18.2 Å². The monoisotopic (exact) mass is 354 g/mol. The molecule has 3 rings (SSSR count). The summed E-state index contributed by atoms with van der Waals surface area (Å²) in [6.07, 6.45) is 5.89. The fourth-order valence-corrected chi connectivity index (χ4v) is 2.93. The van der Waals surface area contributed by atoms with Crippen LogP contribution >= 0.6 is 23.2 Å². The Morgan fingerprint density at radius 3 is 2.52 bits per heavy atom. The molecule has 4 nitrogen and oxygen atoms in total. The van der Waals surface area contributed by atoms with Gasteiger partial charge in [-0.2, -0.15) is 5.10 Å². The van der Waals surface area contributed by atoms with E-state index in [0.717, 1.165) is 0 Å². The number of carbonyl (C=O) groups is 1. The van der Waals surface area contributed by atoms with Crippen molar-refractivity contribution in [2.75, 3.05) is 6.61 Å². The fraction of sp³-hybridized carbons (Fsp3) is 0.529.